The second kappa shape index (κ2) is 8.56. The quantitative estimate of drug-likeness (QED) is 0.768. The van der Waals surface area contributed by atoms with Crippen LogP contribution in [-0.2, 0) is 9.59 Å². The van der Waals surface area contributed by atoms with Crippen molar-refractivity contribution in [1.82, 2.24) is 0 Å². The van der Waals surface area contributed by atoms with E-state index in [9.17, 15) is 22.8 Å². The molecule has 2 amide bonds. The monoisotopic (exact) mass is 370 g/mol. The minimum atomic E-state index is -4.35. The molecule has 1 aromatic carbocycles. The standard InChI is InChI=1S/C19H25F3N2O2/c1-12(2)11-17(25)23-13-7-9-14(10-8-13)24-18(26)15-5-3-4-6-16(15)19(20,21)22/h7-10,12,15-16H,3-6,11H2,1-2H3,(H,23,25)(H,24,26). The summed E-state index contributed by atoms with van der Waals surface area (Å²) in [5.74, 6) is -3.08. The van der Waals surface area contributed by atoms with E-state index in [0.717, 1.165) is 0 Å². The van der Waals surface area contributed by atoms with Crippen molar-refractivity contribution in [2.75, 3.05) is 10.6 Å². The van der Waals surface area contributed by atoms with Crippen LogP contribution >= 0.6 is 0 Å². The lowest BCUT2D eigenvalue weighted by atomic mass is 9.78. The van der Waals surface area contributed by atoms with E-state index in [0.29, 0.717) is 30.6 Å². The number of alkyl halides is 3. The first-order chi connectivity index (χ1) is 12.2. The van der Waals surface area contributed by atoms with E-state index >= 15 is 0 Å². The van der Waals surface area contributed by atoms with Crippen molar-refractivity contribution < 1.29 is 22.8 Å². The number of hydrogen-bond donors (Lipinski definition) is 2. The van der Waals surface area contributed by atoms with Crippen molar-refractivity contribution in [1.29, 1.82) is 0 Å². The van der Waals surface area contributed by atoms with E-state index in [4.69, 9.17) is 0 Å². The molecule has 0 spiro atoms. The maximum atomic E-state index is 13.1. The Labute approximate surface area is 151 Å². The van der Waals surface area contributed by atoms with Gasteiger partial charge in [-0.1, -0.05) is 26.7 Å². The van der Waals surface area contributed by atoms with Crippen LogP contribution in [0.2, 0.25) is 0 Å². The Bertz CT molecular complexity index is 627. The Kier molecular flexibility index (Phi) is 6.67. The van der Waals surface area contributed by atoms with Crippen molar-refractivity contribution in [3.05, 3.63) is 24.3 Å². The molecule has 4 nitrogen and oxygen atoms in total. The van der Waals surface area contributed by atoms with Gasteiger partial charge >= 0.3 is 6.18 Å². The van der Waals surface area contributed by atoms with Gasteiger partial charge in [0, 0.05) is 23.7 Å². The third-order valence-corrected chi connectivity index (χ3v) is 4.55. The first-order valence-electron chi connectivity index (χ1n) is 8.94. The fourth-order valence-electron chi connectivity index (χ4n) is 3.29. The largest absolute Gasteiger partial charge is 0.392 e. The highest BCUT2D eigenvalue weighted by atomic mass is 19.4. The summed E-state index contributed by atoms with van der Waals surface area (Å²) >= 11 is 0. The summed E-state index contributed by atoms with van der Waals surface area (Å²) in [5.41, 5.74) is 1.00. The summed E-state index contributed by atoms with van der Waals surface area (Å²) in [5, 5.41) is 5.32. The first-order valence-corrected chi connectivity index (χ1v) is 8.94. The SMILES string of the molecule is CC(C)CC(=O)Nc1ccc(NC(=O)C2CCCCC2C(F)(F)F)cc1. The van der Waals surface area contributed by atoms with Gasteiger partial charge in [0.15, 0.2) is 0 Å². The van der Waals surface area contributed by atoms with E-state index in [1.54, 1.807) is 24.3 Å². The van der Waals surface area contributed by atoms with Gasteiger partial charge in [0.25, 0.3) is 0 Å². The number of nitrogens with one attached hydrogen (secondary N) is 2. The Morgan fingerprint density at radius 1 is 1.04 bits per heavy atom. The fraction of sp³-hybridized carbons (Fsp3) is 0.579. The normalized spacial score (nSPS) is 20.7. The molecule has 0 saturated heterocycles. The van der Waals surface area contributed by atoms with Crippen molar-refractivity contribution >= 4 is 23.2 Å². The van der Waals surface area contributed by atoms with Crippen LogP contribution in [0, 0.1) is 17.8 Å². The Balaban J connectivity index is 1.97. The molecule has 1 saturated carbocycles. The lowest BCUT2D eigenvalue weighted by molar-refractivity contribution is -0.197. The van der Waals surface area contributed by atoms with Crippen molar-refractivity contribution in [3.8, 4) is 0 Å². The van der Waals surface area contributed by atoms with Gasteiger partial charge in [-0.25, -0.2) is 0 Å². The average molecular weight is 370 g/mol. The molecule has 144 valence electrons. The third kappa shape index (κ3) is 5.75. The molecule has 26 heavy (non-hydrogen) atoms. The van der Waals surface area contributed by atoms with Gasteiger partial charge in [-0.3, -0.25) is 9.59 Å². The Morgan fingerprint density at radius 2 is 1.58 bits per heavy atom. The van der Waals surface area contributed by atoms with Gasteiger partial charge in [0.1, 0.15) is 0 Å². The van der Waals surface area contributed by atoms with Gasteiger partial charge < -0.3 is 10.6 Å². The third-order valence-electron chi connectivity index (χ3n) is 4.55. The Morgan fingerprint density at radius 3 is 2.12 bits per heavy atom. The molecule has 0 radical (unpaired) electrons. The van der Waals surface area contributed by atoms with Gasteiger partial charge in [0.2, 0.25) is 11.8 Å². The molecule has 1 aliphatic rings. The number of amides is 2. The number of carbonyl (C=O) groups is 2. The van der Waals surface area contributed by atoms with Crippen molar-refractivity contribution in [3.63, 3.8) is 0 Å². The highest BCUT2D eigenvalue weighted by molar-refractivity contribution is 5.94. The number of hydrogen-bond acceptors (Lipinski definition) is 2. The van der Waals surface area contributed by atoms with Crippen LogP contribution in [-0.4, -0.2) is 18.0 Å². The molecule has 1 aliphatic carbocycles. The summed E-state index contributed by atoms with van der Waals surface area (Å²) in [6, 6.07) is 6.40. The van der Waals surface area contributed by atoms with Gasteiger partial charge in [-0.05, 0) is 43.0 Å². The summed E-state index contributed by atoms with van der Waals surface area (Å²) in [4.78, 5) is 24.1. The summed E-state index contributed by atoms with van der Waals surface area (Å²) in [6.45, 7) is 3.88. The molecule has 2 rings (SSSR count). The molecular formula is C19H25F3N2O2. The number of benzene rings is 1. The second-order valence-electron chi connectivity index (χ2n) is 7.25. The highest BCUT2D eigenvalue weighted by Crippen LogP contribution is 2.41. The topological polar surface area (TPSA) is 58.2 Å². The number of halogens is 3. The molecule has 2 N–H and O–H groups in total. The number of rotatable bonds is 5. The van der Waals surface area contributed by atoms with Crippen LogP contribution in [0.1, 0.15) is 46.0 Å². The first kappa shape index (κ1) is 20.3. The molecule has 0 aliphatic heterocycles. The van der Waals surface area contributed by atoms with Crippen LogP contribution in [0.5, 0.6) is 0 Å². The van der Waals surface area contributed by atoms with Gasteiger partial charge in [-0.2, -0.15) is 13.2 Å². The molecule has 7 heteroatoms. The lowest BCUT2D eigenvalue weighted by Gasteiger charge is -2.32. The zero-order valence-corrected chi connectivity index (χ0v) is 15.0. The molecule has 0 aromatic heterocycles. The molecule has 1 aromatic rings. The number of carbonyl (C=O) groups excluding carboxylic acids is 2. The van der Waals surface area contributed by atoms with Crippen LogP contribution in [0.4, 0.5) is 24.5 Å². The fourth-order valence-corrected chi connectivity index (χ4v) is 3.29. The molecule has 2 atom stereocenters. The molecule has 0 heterocycles. The minimum absolute atomic E-state index is 0.00239. The van der Waals surface area contributed by atoms with Crippen molar-refractivity contribution in [2.45, 2.75) is 52.1 Å². The van der Waals surface area contributed by atoms with E-state index in [-0.39, 0.29) is 24.7 Å². The minimum Gasteiger partial charge on any atom is -0.326 e. The average Bonchev–Trinajstić information content (AvgIpc) is 2.55. The Hall–Kier alpha value is -2.05. The van der Waals surface area contributed by atoms with Crippen LogP contribution in [0.25, 0.3) is 0 Å². The number of anilines is 2. The van der Waals surface area contributed by atoms with Crippen LogP contribution in [0.15, 0.2) is 24.3 Å². The highest BCUT2D eigenvalue weighted by Gasteiger charge is 2.48. The maximum absolute atomic E-state index is 13.1. The predicted molar refractivity (Wildman–Crippen MR) is 94.7 cm³/mol. The molecular weight excluding hydrogens is 345 g/mol. The summed E-state index contributed by atoms with van der Waals surface area (Å²) in [7, 11) is 0. The van der Waals surface area contributed by atoms with E-state index < -0.39 is 23.9 Å². The van der Waals surface area contributed by atoms with Crippen LogP contribution < -0.4 is 10.6 Å². The smallest absolute Gasteiger partial charge is 0.326 e. The molecule has 2 unspecified atom stereocenters. The van der Waals surface area contributed by atoms with E-state index in [1.165, 1.54) is 0 Å². The van der Waals surface area contributed by atoms with Gasteiger partial charge in [0.05, 0.1) is 5.92 Å². The lowest BCUT2D eigenvalue weighted by Crippen LogP contribution is -2.39. The molecule has 0 bridgehead atoms. The van der Waals surface area contributed by atoms with Gasteiger partial charge in [-0.15, -0.1) is 0 Å². The van der Waals surface area contributed by atoms with E-state index in [2.05, 4.69) is 10.6 Å². The summed E-state index contributed by atoms with van der Waals surface area (Å²) in [6.07, 6.45) is -2.57. The van der Waals surface area contributed by atoms with Crippen LogP contribution in [0.3, 0.4) is 0 Å². The summed E-state index contributed by atoms with van der Waals surface area (Å²) < 4.78 is 39.4. The van der Waals surface area contributed by atoms with Crippen molar-refractivity contribution in [2.24, 2.45) is 17.8 Å². The zero-order chi connectivity index (χ0) is 19.3. The maximum Gasteiger partial charge on any atom is 0.392 e. The predicted octanol–water partition coefficient (Wildman–Crippen LogP) is 4.98. The molecule has 1 fully saturated rings. The zero-order valence-electron chi connectivity index (χ0n) is 15.0. The van der Waals surface area contributed by atoms with E-state index in [1.807, 2.05) is 13.8 Å². The second-order valence-corrected chi connectivity index (χ2v) is 7.25.